The molecule has 0 aliphatic carbocycles. The largest absolute Gasteiger partial charge is 0.497 e. The summed E-state index contributed by atoms with van der Waals surface area (Å²) in [7, 11) is -2.42. The van der Waals surface area contributed by atoms with Gasteiger partial charge in [0.1, 0.15) is 17.2 Å². The van der Waals surface area contributed by atoms with Crippen LogP contribution in [-0.2, 0) is 21.2 Å². The smallest absolute Gasteiger partial charge is 0.303 e. The van der Waals surface area contributed by atoms with Gasteiger partial charge in [-0.15, -0.1) is 0 Å². The molecule has 1 aromatic heterocycles. The van der Waals surface area contributed by atoms with Gasteiger partial charge in [-0.25, -0.2) is 12.4 Å². The summed E-state index contributed by atoms with van der Waals surface area (Å²) >= 11 is 0. The molecule has 9 nitrogen and oxygen atoms in total. The normalized spacial score (nSPS) is 12.6. The number of ether oxygens (including phenoxy) is 4. The minimum atomic E-state index is -4.00. The highest BCUT2D eigenvalue weighted by atomic mass is 32.2. The summed E-state index contributed by atoms with van der Waals surface area (Å²) in [6.45, 7) is 0.0365. The zero-order valence-electron chi connectivity index (χ0n) is 18.6. The van der Waals surface area contributed by atoms with Crippen molar-refractivity contribution in [2.24, 2.45) is 0 Å². The molecule has 0 atom stereocenters. The van der Waals surface area contributed by atoms with E-state index in [0.29, 0.717) is 45.2 Å². The van der Waals surface area contributed by atoms with Gasteiger partial charge in [-0.2, -0.15) is 0 Å². The van der Waals surface area contributed by atoms with Crippen LogP contribution in [0.2, 0.25) is 0 Å². The van der Waals surface area contributed by atoms with Crippen LogP contribution in [0.4, 0.5) is 0 Å². The van der Waals surface area contributed by atoms with Crippen LogP contribution >= 0.6 is 0 Å². The Hall–Kier alpha value is -4.18. The van der Waals surface area contributed by atoms with Crippen LogP contribution in [0, 0.1) is 0 Å². The van der Waals surface area contributed by atoms with E-state index in [9.17, 15) is 13.2 Å². The summed E-state index contributed by atoms with van der Waals surface area (Å²) in [5.41, 5.74) is 0.969. The molecular formula is C25H21NO8S. The van der Waals surface area contributed by atoms with Gasteiger partial charge in [0, 0.05) is 24.1 Å². The molecule has 0 saturated carbocycles. The summed E-state index contributed by atoms with van der Waals surface area (Å²) in [5.74, 6) is 1.70. The molecule has 4 aromatic rings. The lowest BCUT2D eigenvalue weighted by Crippen LogP contribution is -2.11. The van der Waals surface area contributed by atoms with Crippen LogP contribution in [0.15, 0.2) is 71.8 Å². The summed E-state index contributed by atoms with van der Waals surface area (Å²) in [6, 6.07) is 16.4. The Morgan fingerprint density at radius 2 is 1.57 bits per heavy atom. The Morgan fingerprint density at radius 3 is 2.20 bits per heavy atom. The van der Waals surface area contributed by atoms with Gasteiger partial charge < -0.3 is 24.1 Å². The van der Waals surface area contributed by atoms with Gasteiger partial charge in [-0.1, -0.05) is 0 Å². The highest BCUT2D eigenvalue weighted by Crippen LogP contribution is 2.39. The van der Waals surface area contributed by atoms with Gasteiger partial charge in [0.05, 0.1) is 17.5 Å². The number of carbonyl (C=O) groups is 1. The van der Waals surface area contributed by atoms with E-state index in [1.807, 2.05) is 0 Å². The second-order valence-electron chi connectivity index (χ2n) is 7.82. The molecule has 0 fully saturated rings. The Morgan fingerprint density at radius 1 is 0.971 bits per heavy atom. The maximum absolute atomic E-state index is 13.6. The maximum Gasteiger partial charge on any atom is 0.303 e. The molecule has 0 spiro atoms. The lowest BCUT2D eigenvalue weighted by Gasteiger charge is -2.10. The molecule has 0 saturated heterocycles. The molecule has 1 aliphatic heterocycles. The average molecular weight is 496 g/mol. The Labute approximate surface area is 201 Å². The number of aliphatic carboxylic acids is 1. The Bertz CT molecular complexity index is 1510. The molecule has 3 aromatic carbocycles. The second kappa shape index (κ2) is 8.88. The van der Waals surface area contributed by atoms with Gasteiger partial charge in [0.15, 0.2) is 11.5 Å². The van der Waals surface area contributed by atoms with Crippen molar-refractivity contribution < 1.29 is 37.3 Å². The van der Waals surface area contributed by atoms with Gasteiger partial charge in [-0.3, -0.25) is 4.79 Å². The minimum absolute atomic E-state index is 0.0365. The lowest BCUT2D eigenvalue weighted by atomic mass is 10.1. The van der Waals surface area contributed by atoms with Gasteiger partial charge in [-0.05, 0) is 66.6 Å². The number of carboxylic acid groups (broad SMARTS) is 1. The van der Waals surface area contributed by atoms with Crippen LogP contribution < -0.4 is 18.9 Å². The molecule has 1 N–H and O–H groups in total. The molecular weight excluding hydrogens is 474 g/mol. The highest BCUT2D eigenvalue weighted by Gasteiger charge is 2.25. The quantitative estimate of drug-likeness (QED) is 0.382. The Balaban J connectivity index is 1.49. The minimum Gasteiger partial charge on any atom is -0.497 e. The number of aryl methyl sites for hydroxylation is 1. The number of hydrogen-bond donors (Lipinski definition) is 1. The van der Waals surface area contributed by atoms with Gasteiger partial charge in [0.25, 0.3) is 10.0 Å². The summed E-state index contributed by atoms with van der Waals surface area (Å²) in [5, 5.41) is 9.71. The first-order chi connectivity index (χ1) is 16.8. The molecule has 2 heterocycles. The first-order valence-electron chi connectivity index (χ1n) is 10.7. The van der Waals surface area contributed by atoms with E-state index >= 15 is 0 Å². The molecule has 180 valence electrons. The van der Waals surface area contributed by atoms with E-state index in [4.69, 9.17) is 24.1 Å². The third kappa shape index (κ3) is 4.35. The zero-order chi connectivity index (χ0) is 24.6. The van der Waals surface area contributed by atoms with Gasteiger partial charge in [0.2, 0.25) is 6.79 Å². The first-order valence-corrected chi connectivity index (χ1v) is 12.1. The second-order valence-corrected chi connectivity index (χ2v) is 9.64. The standard InChI is InChI=1S/C25H21NO8S/c1-31-17-3-5-18(6-4-17)34-19-7-9-20(10-8-19)35(29,30)26-14-16(2-11-25(27)28)21-12-23-24(13-22(21)26)33-15-32-23/h3-10,12-14H,2,11,15H2,1H3,(H,27,28). The number of rotatable bonds is 8. The summed E-state index contributed by atoms with van der Waals surface area (Å²) in [4.78, 5) is 11.2. The number of nitrogens with zero attached hydrogens (tertiary/aromatic N) is 1. The molecule has 10 heteroatoms. The van der Waals surface area contributed by atoms with Crippen LogP contribution in [0.5, 0.6) is 28.7 Å². The van der Waals surface area contributed by atoms with Crippen molar-refractivity contribution in [1.82, 2.24) is 3.97 Å². The first kappa shape index (κ1) is 22.6. The van der Waals surface area contributed by atoms with E-state index in [2.05, 4.69) is 0 Å². The fourth-order valence-electron chi connectivity index (χ4n) is 3.86. The van der Waals surface area contributed by atoms with Crippen LogP contribution in [0.3, 0.4) is 0 Å². The fourth-order valence-corrected chi connectivity index (χ4v) is 5.25. The summed E-state index contributed by atoms with van der Waals surface area (Å²) in [6.07, 6.45) is 1.49. The molecule has 5 rings (SSSR count). The van der Waals surface area contributed by atoms with E-state index < -0.39 is 16.0 Å². The van der Waals surface area contributed by atoms with Crippen LogP contribution in [0.25, 0.3) is 10.9 Å². The molecule has 0 unspecified atom stereocenters. The third-order valence-electron chi connectivity index (χ3n) is 5.63. The van der Waals surface area contributed by atoms with Crippen molar-refractivity contribution in [2.75, 3.05) is 13.9 Å². The number of carboxylic acids is 1. The number of methoxy groups -OCH3 is 1. The van der Waals surface area contributed by atoms with E-state index in [1.54, 1.807) is 55.6 Å². The number of hydrogen-bond acceptors (Lipinski definition) is 7. The van der Waals surface area contributed by atoms with Crippen LogP contribution in [0.1, 0.15) is 12.0 Å². The predicted molar refractivity (Wildman–Crippen MR) is 126 cm³/mol. The molecule has 0 radical (unpaired) electrons. The van der Waals surface area contributed by atoms with Crippen molar-refractivity contribution in [3.05, 3.63) is 72.4 Å². The average Bonchev–Trinajstić information content (AvgIpc) is 3.46. The fraction of sp³-hybridized carbons (Fsp3) is 0.160. The molecule has 1 aliphatic rings. The monoisotopic (exact) mass is 495 g/mol. The molecule has 0 bridgehead atoms. The number of fused-ring (bicyclic) bond motifs is 2. The number of benzene rings is 3. The highest BCUT2D eigenvalue weighted by molar-refractivity contribution is 7.90. The number of aromatic nitrogens is 1. The van der Waals surface area contributed by atoms with Crippen LogP contribution in [-0.4, -0.2) is 37.4 Å². The van der Waals surface area contributed by atoms with E-state index in [0.717, 1.165) is 3.97 Å². The van der Waals surface area contributed by atoms with Gasteiger partial charge >= 0.3 is 5.97 Å². The SMILES string of the molecule is COc1ccc(Oc2ccc(S(=O)(=O)n3cc(CCC(=O)O)c4cc5c(cc43)OCO5)cc2)cc1. The van der Waals surface area contributed by atoms with Crippen molar-refractivity contribution in [2.45, 2.75) is 17.7 Å². The summed E-state index contributed by atoms with van der Waals surface area (Å²) < 4.78 is 50.0. The topological polar surface area (TPSA) is 113 Å². The maximum atomic E-state index is 13.6. The zero-order valence-corrected chi connectivity index (χ0v) is 19.4. The van der Waals surface area contributed by atoms with Crippen molar-refractivity contribution in [3.63, 3.8) is 0 Å². The van der Waals surface area contributed by atoms with E-state index in [-0.39, 0.29) is 24.5 Å². The van der Waals surface area contributed by atoms with E-state index in [1.165, 1.54) is 18.3 Å². The van der Waals surface area contributed by atoms with Crippen molar-refractivity contribution >= 4 is 26.9 Å². The van der Waals surface area contributed by atoms with Crippen molar-refractivity contribution in [1.29, 1.82) is 0 Å². The van der Waals surface area contributed by atoms with Crippen molar-refractivity contribution in [3.8, 4) is 28.7 Å². The predicted octanol–water partition coefficient (Wildman–Crippen LogP) is 4.43. The lowest BCUT2D eigenvalue weighted by molar-refractivity contribution is -0.136. The third-order valence-corrected chi connectivity index (χ3v) is 7.32. The molecule has 0 amide bonds. The Kier molecular flexibility index (Phi) is 5.73. The molecule has 35 heavy (non-hydrogen) atoms.